The van der Waals surface area contributed by atoms with Crippen molar-refractivity contribution in [2.75, 3.05) is 6.54 Å². The van der Waals surface area contributed by atoms with Crippen LogP contribution in [0.15, 0.2) is 18.5 Å². The van der Waals surface area contributed by atoms with E-state index in [1.807, 2.05) is 6.92 Å². The number of carboxylic acids is 1. The van der Waals surface area contributed by atoms with Crippen molar-refractivity contribution < 1.29 is 14.7 Å². The van der Waals surface area contributed by atoms with Gasteiger partial charge in [-0.15, -0.1) is 0 Å². The molecule has 19 heavy (non-hydrogen) atoms. The first-order chi connectivity index (χ1) is 9.09. The molecule has 1 saturated heterocycles. The number of hydrogen-bond donors (Lipinski definition) is 1. The molecule has 0 spiro atoms. The zero-order chi connectivity index (χ0) is 13.8. The van der Waals surface area contributed by atoms with Crippen LogP contribution in [0.5, 0.6) is 0 Å². The van der Waals surface area contributed by atoms with Gasteiger partial charge in [0.25, 0.3) is 5.91 Å². The Morgan fingerprint density at radius 3 is 2.79 bits per heavy atom. The third-order valence-electron chi connectivity index (χ3n) is 3.42. The lowest BCUT2D eigenvalue weighted by Crippen LogP contribution is -2.44. The predicted molar refractivity (Wildman–Crippen MR) is 69.9 cm³/mol. The molecule has 5 nitrogen and oxygen atoms in total. The van der Waals surface area contributed by atoms with Crippen molar-refractivity contribution in [2.45, 2.75) is 38.6 Å². The number of hydrogen-bond acceptors (Lipinski definition) is 3. The Hall–Kier alpha value is -1.91. The Kier molecular flexibility index (Phi) is 4.14. The summed E-state index contributed by atoms with van der Waals surface area (Å²) in [5.41, 5.74) is 1.36. The molecule has 1 unspecified atom stereocenters. The van der Waals surface area contributed by atoms with Crippen LogP contribution in [0.4, 0.5) is 0 Å². The van der Waals surface area contributed by atoms with Crippen LogP contribution in [0.25, 0.3) is 0 Å². The molecule has 1 aromatic rings. The third kappa shape index (κ3) is 3.10. The highest BCUT2D eigenvalue weighted by Crippen LogP contribution is 2.19. The largest absolute Gasteiger partial charge is 0.480 e. The molecular weight excluding hydrogens is 244 g/mol. The molecule has 0 saturated carbocycles. The second-order valence-electron chi connectivity index (χ2n) is 4.95. The Morgan fingerprint density at radius 2 is 2.11 bits per heavy atom. The van der Waals surface area contributed by atoms with E-state index in [4.69, 9.17) is 0 Å². The van der Waals surface area contributed by atoms with Crippen LogP contribution in [0.3, 0.4) is 0 Å². The Morgan fingerprint density at radius 1 is 1.32 bits per heavy atom. The maximum Gasteiger partial charge on any atom is 0.326 e. The van der Waals surface area contributed by atoms with Gasteiger partial charge in [0.2, 0.25) is 0 Å². The second kappa shape index (κ2) is 5.82. The van der Waals surface area contributed by atoms with E-state index in [0.29, 0.717) is 18.5 Å². The molecule has 0 aliphatic carbocycles. The SMILES string of the molecule is Cc1cncc(C(=O)N2CCCCCC2C(=O)O)c1. The van der Waals surface area contributed by atoms with Crippen LogP contribution in [0, 0.1) is 6.92 Å². The molecule has 1 aliphatic heterocycles. The molecule has 1 fully saturated rings. The molecule has 1 atom stereocenters. The first-order valence-corrected chi connectivity index (χ1v) is 6.55. The van der Waals surface area contributed by atoms with E-state index in [9.17, 15) is 14.7 Å². The number of pyridine rings is 1. The molecule has 1 aromatic heterocycles. The van der Waals surface area contributed by atoms with Gasteiger partial charge in [-0.2, -0.15) is 0 Å². The molecule has 5 heteroatoms. The highest BCUT2D eigenvalue weighted by molar-refractivity contribution is 5.96. The van der Waals surface area contributed by atoms with E-state index >= 15 is 0 Å². The molecule has 0 radical (unpaired) electrons. The normalized spacial score (nSPS) is 19.8. The minimum Gasteiger partial charge on any atom is -0.480 e. The van der Waals surface area contributed by atoms with Crippen LogP contribution in [0.2, 0.25) is 0 Å². The number of carbonyl (C=O) groups is 2. The van der Waals surface area contributed by atoms with Gasteiger partial charge in [-0.05, 0) is 31.4 Å². The van der Waals surface area contributed by atoms with Gasteiger partial charge in [0.05, 0.1) is 5.56 Å². The molecule has 1 amide bonds. The summed E-state index contributed by atoms with van der Waals surface area (Å²) in [5, 5.41) is 9.27. The molecule has 0 aromatic carbocycles. The van der Waals surface area contributed by atoms with Crippen LogP contribution in [0.1, 0.15) is 41.6 Å². The van der Waals surface area contributed by atoms with E-state index < -0.39 is 12.0 Å². The maximum absolute atomic E-state index is 12.4. The van der Waals surface area contributed by atoms with Crippen molar-refractivity contribution in [2.24, 2.45) is 0 Å². The molecule has 2 rings (SSSR count). The van der Waals surface area contributed by atoms with Gasteiger partial charge >= 0.3 is 5.97 Å². The molecule has 1 aliphatic rings. The summed E-state index contributed by atoms with van der Waals surface area (Å²) in [6.07, 6.45) is 6.38. The molecule has 0 bridgehead atoms. The number of carbonyl (C=O) groups excluding carboxylic acids is 1. The fourth-order valence-corrected chi connectivity index (χ4v) is 2.45. The van der Waals surface area contributed by atoms with E-state index in [1.165, 1.54) is 11.1 Å². The Bertz CT molecular complexity index is 487. The van der Waals surface area contributed by atoms with Crippen LogP contribution >= 0.6 is 0 Å². The fourth-order valence-electron chi connectivity index (χ4n) is 2.45. The van der Waals surface area contributed by atoms with E-state index in [0.717, 1.165) is 24.8 Å². The molecule has 1 N–H and O–H groups in total. The van der Waals surface area contributed by atoms with Crippen molar-refractivity contribution in [3.8, 4) is 0 Å². The molecular formula is C14H18N2O3. The smallest absolute Gasteiger partial charge is 0.326 e. The number of amides is 1. The minimum absolute atomic E-state index is 0.231. The summed E-state index contributed by atoms with van der Waals surface area (Å²) >= 11 is 0. The monoisotopic (exact) mass is 262 g/mol. The quantitative estimate of drug-likeness (QED) is 0.883. The van der Waals surface area contributed by atoms with E-state index in [2.05, 4.69) is 4.98 Å². The van der Waals surface area contributed by atoms with Gasteiger partial charge in [0.1, 0.15) is 6.04 Å². The number of aryl methyl sites for hydroxylation is 1. The van der Waals surface area contributed by atoms with Crippen molar-refractivity contribution in [1.82, 2.24) is 9.88 Å². The summed E-state index contributed by atoms with van der Waals surface area (Å²) in [6.45, 7) is 2.37. The fraction of sp³-hybridized carbons (Fsp3) is 0.500. The standard InChI is InChI=1S/C14H18N2O3/c1-10-7-11(9-15-8-10)13(17)16-6-4-2-3-5-12(16)14(18)19/h7-9,12H,2-6H2,1H3,(H,18,19). The average molecular weight is 262 g/mol. The summed E-state index contributed by atoms with van der Waals surface area (Å²) in [5.74, 6) is -1.15. The van der Waals surface area contributed by atoms with Crippen molar-refractivity contribution in [3.63, 3.8) is 0 Å². The van der Waals surface area contributed by atoms with Crippen LogP contribution < -0.4 is 0 Å². The summed E-state index contributed by atoms with van der Waals surface area (Å²) in [7, 11) is 0. The van der Waals surface area contributed by atoms with Crippen LogP contribution in [-0.4, -0.2) is 39.5 Å². The highest BCUT2D eigenvalue weighted by atomic mass is 16.4. The first kappa shape index (κ1) is 13.5. The lowest BCUT2D eigenvalue weighted by atomic mass is 10.1. The van der Waals surface area contributed by atoms with Crippen molar-refractivity contribution in [3.05, 3.63) is 29.6 Å². The molecule has 102 valence electrons. The summed E-state index contributed by atoms with van der Waals surface area (Å²) in [6, 6.07) is 1.04. The second-order valence-corrected chi connectivity index (χ2v) is 4.95. The van der Waals surface area contributed by atoms with Crippen molar-refractivity contribution >= 4 is 11.9 Å². The van der Waals surface area contributed by atoms with Crippen molar-refractivity contribution in [1.29, 1.82) is 0 Å². The zero-order valence-electron chi connectivity index (χ0n) is 11.0. The van der Waals surface area contributed by atoms with Crippen LogP contribution in [-0.2, 0) is 4.79 Å². The van der Waals surface area contributed by atoms with Gasteiger partial charge in [-0.1, -0.05) is 12.8 Å². The lowest BCUT2D eigenvalue weighted by molar-refractivity contribution is -0.142. The van der Waals surface area contributed by atoms with E-state index in [1.54, 1.807) is 12.3 Å². The van der Waals surface area contributed by atoms with Gasteiger partial charge in [0, 0.05) is 18.9 Å². The maximum atomic E-state index is 12.4. The van der Waals surface area contributed by atoms with Gasteiger partial charge in [-0.3, -0.25) is 9.78 Å². The highest BCUT2D eigenvalue weighted by Gasteiger charge is 2.31. The minimum atomic E-state index is -0.920. The Labute approximate surface area is 112 Å². The zero-order valence-corrected chi connectivity index (χ0v) is 11.0. The van der Waals surface area contributed by atoms with E-state index in [-0.39, 0.29) is 5.91 Å². The summed E-state index contributed by atoms with van der Waals surface area (Å²) in [4.78, 5) is 29.2. The number of carboxylic acid groups (broad SMARTS) is 1. The lowest BCUT2D eigenvalue weighted by Gasteiger charge is -2.26. The Balaban J connectivity index is 2.26. The number of likely N-dealkylation sites (tertiary alicyclic amines) is 1. The van der Waals surface area contributed by atoms with Gasteiger partial charge < -0.3 is 10.0 Å². The predicted octanol–water partition coefficient (Wildman–Crippen LogP) is 1.86. The number of aliphatic carboxylic acids is 1. The topological polar surface area (TPSA) is 70.5 Å². The number of aromatic nitrogens is 1. The summed E-state index contributed by atoms with van der Waals surface area (Å²) < 4.78 is 0. The third-order valence-corrected chi connectivity index (χ3v) is 3.42. The van der Waals surface area contributed by atoms with Gasteiger partial charge in [-0.25, -0.2) is 4.79 Å². The average Bonchev–Trinajstić information content (AvgIpc) is 2.63. The van der Waals surface area contributed by atoms with Gasteiger partial charge in [0.15, 0.2) is 0 Å². The first-order valence-electron chi connectivity index (χ1n) is 6.55. The number of nitrogens with zero attached hydrogens (tertiary/aromatic N) is 2. The molecule has 2 heterocycles. The number of rotatable bonds is 2.